The van der Waals surface area contributed by atoms with Gasteiger partial charge in [0.2, 0.25) is 0 Å². The Morgan fingerprint density at radius 3 is 2.50 bits per heavy atom. The first-order valence-corrected chi connectivity index (χ1v) is 10.8. The number of aromatic nitrogens is 2. The Bertz CT molecular complexity index is 1230. The highest BCUT2D eigenvalue weighted by molar-refractivity contribution is 7.22. The molecule has 8 heteroatoms. The molecule has 32 heavy (non-hydrogen) atoms. The van der Waals surface area contributed by atoms with Crippen LogP contribution in [0.3, 0.4) is 0 Å². The van der Waals surface area contributed by atoms with E-state index < -0.39 is 0 Å². The predicted molar refractivity (Wildman–Crippen MR) is 125 cm³/mol. The highest BCUT2D eigenvalue weighted by Crippen LogP contribution is 2.37. The van der Waals surface area contributed by atoms with Crippen molar-refractivity contribution in [1.29, 1.82) is 0 Å². The van der Waals surface area contributed by atoms with Crippen molar-refractivity contribution in [3.8, 4) is 17.2 Å². The van der Waals surface area contributed by atoms with Crippen LogP contribution in [0.5, 0.6) is 17.2 Å². The van der Waals surface area contributed by atoms with Gasteiger partial charge in [-0.2, -0.15) is 0 Å². The lowest BCUT2D eigenvalue weighted by atomic mass is 10.2. The summed E-state index contributed by atoms with van der Waals surface area (Å²) >= 11 is 1.45. The molecule has 0 bridgehead atoms. The molecule has 0 radical (unpaired) electrons. The number of rotatable bonds is 8. The molecule has 0 unspecified atom stereocenters. The molecule has 164 valence electrons. The number of para-hydroxylation sites is 2. The maximum Gasteiger partial charge on any atom is 0.267 e. The van der Waals surface area contributed by atoms with Crippen molar-refractivity contribution in [2.24, 2.45) is 0 Å². The second kappa shape index (κ2) is 9.65. The van der Waals surface area contributed by atoms with E-state index >= 15 is 0 Å². The van der Waals surface area contributed by atoms with Gasteiger partial charge >= 0.3 is 0 Å². The minimum Gasteiger partial charge on any atom is -0.494 e. The van der Waals surface area contributed by atoms with Gasteiger partial charge in [0.25, 0.3) is 5.91 Å². The van der Waals surface area contributed by atoms with Crippen LogP contribution in [0.2, 0.25) is 0 Å². The summed E-state index contributed by atoms with van der Waals surface area (Å²) in [6.45, 7) is 2.18. The second-order valence-electron chi connectivity index (χ2n) is 7.04. The summed E-state index contributed by atoms with van der Waals surface area (Å²) in [5.41, 5.74) is 2.70. The van der Waals surface area contributed by atoms with Crippen LogP contribution >= 0.6 is 11.3 Å². The second-order valence-corrected chi connectivity index (χ2v) is 8.02. The normalized spacial score (nSPS) is 10.7. The third kappa shape index (κ3) is 4.50. The molecule has 0 aliphatic heterocycles. The first-order chi connectivity index (χ1) is 15.6. The third-order valence-corrected chi connectivity index (χ3v) is 6.14. The molecule has 0 atom stereocenters. The average molecular weight is 450 g/mol. The number of aryl methyl sites for hydroxylation is 1. The molecule has 0 spiro atoms. The molecular formula is C24H23N3O4S. The highest BCUT2D eigenvalue weighted by atomic mass is 32.1. The van der Waals surface area contributed by atoms with Gasteiger partial charge in [-0.3, -0.25) is 14.7 Å². The van der Waals surface area contributed by atoms with Gasteiger partial charge < -0.3 is 14.2 Å². The van der Waals surface area contributed by atoms with E-state index in [0.717, 1.165) is 21.3 Å². The van der Waals surface area contributed by atoms with Crippen molar-refractivity contribution in [2.45, 2.75) is 13.5 Å². The number of pyridine rings is 1. The van der Waals surface area contributed by atoms with Crippen LogP contribution in [-0.4, -0.2) is 36.7 Å². The Morgan fingerprint density at radius 1 is 1.00 bits per heavy atom. The van der Waals surface area contributed by atoms with Gasteiger partial charge in [0.05, 0.1) is 25.5 Å². The third-order valence-electron chi connectivity index (χ3n) is 4.93. The predicted octanol–water partition coefficient (Wildman–Crippen LogP) is 4.63. The van der Waals surface area contributed by atoms with Gasteiger partial charge in [-0.25, -0.2) is 4.98 Å². The Morgan fingerprint density at radius 2 is 1.78 bits per heavy atom. The van der Waals surface area contributed by atoms with Gasteiger partial charge in [-0.1, -0.05) is 35.6 Å². The summed E-state index contributed by atoms with van der Waals surface area (Å²) in [5.74, 6) is 1.52. The van der Waals surface area contributed by atoms with Gasteiger partial charge in [0.1, 0.15) is 11.3 Å². The molecule has 2 heterocycles. The van der Waals surface area contributed by atoms with E-state index in [0.29, 0.717) is 28.9 Å². The number of methoxy groups -OCH3 is 2. The van der Waals surface area contributed by atoms with E-state index in [1.54, 1.807) is 43.6 Å². The molecule has 0 saturated carbocycles. The van der Waals surface area contributed by atoms with E-state index in [9.17, 15) is 4.79 Å². The zero-order chi connectivity index (χ0) is 22.5. The number of hydrogen-bond acceptors (Lipinski definition) is 7. The lowest BCUT2D eigenvalue weighted by Gasteiger charge is -2.20. The van der Waals surface area contributed by atoms with Gasteiger partial charge in [0, 0.05) is 12.4 Å². The first kappa shape index (κ1) is 21.6. The molecule has 0 saturated heterocycles. The number of benzene rings is 2. The molecule has 2 aromatic carbocycles. The van der Waals surface area contributed by atoms with Crippen molar-refractivity contribution >= 4 is 32.6 Å². The molecule has 0 aliphatic rings. The minimum atomic E-state index is -0.226. The minimum absolute atomic E-state index is 0.160. The Hall–Kier alpha value is -3.65. The number of anilines is 1. The summed E-state index contributed by atoms with van der Waals surface area (Å²) in [4.78, 5) is 23.9. The maximum atomic E-state index is 13.3. The van der Waals surface area contributed by atoms with Crippen molar-refractivity contribution in [3.63, 3.8) is 0 Å². The summed E-state index contributed by atoms with van der Waals surface area (Å²) < 4.78 is 17.6. The Kier molecular flexibility index (Phi) is 6.51. The smallest absolute Gasteiger partial charge is 0.267 e. The number of thiazole rings is 1. The molecule has 2 aromatic heterocycles. The fourth-order valence-corrected chi connectivity index (χ4v) is 4.34. The lowest BCUT2D eigenvalue weighted by Crippen LogP contribution is -2.34. The van der Waals surface area contributed by atoms with Crippen molar-refractivity contribution in [3.05, 3.63) is 72.1 Å². The number of amides is 1. The van der Waals surface area contributed by atoms with Crippen LogP contribution in [-0.2, 0) is 11.3 Å². The topological polar surface area (TPSA) is 73.8 Å². The monoisotopic (exact) mass is 449 g/mol. The molecule has 7 nitrogen and oxygen atoms in total. The first-order valence-electron chi connectivity index (χ1n) is 10.00. The summed E-state index contributed by atoms with van der Waals surface area (Å²) in [6, 6.07) is 14.9. The molecule has 4 aromatic rings. The molecule has 4 rings (SSSR count). The van der Waals surface area contributed by atoms with Crippen molar-refractivity contribution in [1.82, 2.24) is 9.97 Å². The van der Waals surface area contributed by atoms with Crippen LogP contribution in [0.15, 0.2) is 60.9 Å². The van der Waals surface area contributed by atoms with Gasteiger partial charge in [-0.15, -0.1) is 0 Å². The van der Waals surface area contributed by atoms with E-state index in [2.05, 4.69) is 4.98 Å². The average Bonchev–Trinajstić information content (AvgIpc) is 3.28. The van der Waals surface area contributed by atoms with E-state index in [-0.39, 0.29) is 12.5 Å². The Balaban J connectivity index is 1.66. The van der Waals surface area contributed by atoms with Crippen LogP contribution in [0.25, 0.3) is 10.2 Å². The standard InChI is InChI=1S/C24H23N3O4S/c1-16-10-11-20(30-3)22-23(16)32-24(26-22)27(14-17-7-6-12-25-13-17)21(28)15-31-19-9-5-4-8-18(19)29-2/h4-13H,14-15H2,1-3H3. The van der Waals surface area contributed by atoms with E-state index in [1.165, 1.54) is 11.3 Å². The number of hydrogen-bond donors (Lipinski definition) is 0. The van der Waals surface area contributed by atoms with E-state index in [4.69, 9.17) is 19.2 Å². The SMILES string of the molecule is COc1ccccc1OCC(=O)N(Cc1cccnc1)c1nc2c(OC)ccc(C)c2s1. The van der Waals surface area contributed by atoms with Crippen LogP contribution in [0.1, 0.15) is 11.1 Å². The lowest BCUT2D eigenvalue weighted by molar-refractivity contribution is -0.120. The van der Waals surface area contributed by atoms with Gasteiger partial charge in [0.15, 0.2) is 23.2 Å². The maximum absolute atomic E-state index is 13.3. The Labute approximate surface area is 190 Å². The molecular weight excluding hydrogens is 426 g/mol. The van der Waals surface area contributed by atoms with Crippen molar-refractivity contribution < 1.29 is 19.0 Å². The zero-order valence-corrected chi connectivity index (χ0v) is 18.9. The number of nitrogens with zero attached hydrogens (tertiary/aromatic N) is 3. The molecule has 0 fully saturated rings. The number of fused-ring (bicyclic) bond motifs is 1. The molecule has 0 N–H and O–H groups in total. The van der Waals surface area contributed by atoms with E-state index in [1.807, 2.05) is 43.3 Å². The highest BCUT2D eigenvalue weighted by Gasteiger charge is 2.23. The van der Waals surface area contributed by atoms with Crippen LogP contribution in [0.4, 0.5) is 5.13 Å². The molecule has 1 amide bonds. The van der Waals surface area contributed by atoms with Crippen molar-refractivity contribution in [2.75, 3.05) is 25.7 Å². The summed E-state index contributed by atoms with van der Waals surface area (Å²) in [6.07, 6.45) is 3.44. The van der Waals surface area contributed by atoms with Crippen LogP contribution < -0.4 is 19.1 Å². The summed E-state index contributed by atoms with van der Waals surface area (Å²) in [7, 11) is 3.18. The zero-order valence-electron chi connectivity index (χ0n) is 18.1. The number of carbonyl (C=O) groups is 1. The van der Waals surface area contributed by atoms with Gasteiger partial charge in [-0.05, 0) is 42.3 Å². The fraction of sp³-hybridized carbons (Fsp3) is 0.208. The number of ether oxygens (including phenoxy) is 3. The number of carbonyl (C=O) groups excluding carboxylic acids is 1. The quantitative estimate of drug-likeness (QED) is 0.391. The fourth-order valence-electron chi connectivity index (χ4n) is 3.27. The summed E-state index contributed by atoms with van der Waals surface area (Å²) in [5, 5.41) is 0.574. The van der Waals surface area contributed by atoms with Crippen LogP contribution in [0, 0.1) is 6.92 Å². The largest absolute Gasteiger partial charge is 0.494 e. The molecule has 0 aliphatic carbocycles.